The lowest BCUT2D eigenvalue weighted by atomic mass is 9.92. The number of carbonyl (C=O) groups excluding carboxylic acids is 2. The fourth-order valence-corrected chi connectivity index (χ4v) is 3.78. The highest BCUT2D eigenvalue weighted by atomic mass is 35.5. The van der Waals surface area contributed by atoms with Gasteiger partial charge in [-0.25, -0.2) is 9.48 Å². The summed E-state index contributed by atoms with van der Waals surface area (Å²) in [5, 5.41) is 11.0. The molecule has 0 aliphatic rings. The molecule has 2 N–H and O–H groups in total. The van der Waals surface area contributed by atoms with Crippen LogP contribution in [0, 0.1) is 5.92 Å². The quantitative estimate of drug-likeness (QED) is 0.390. The number of methoxy groups -OCH3 is 1. The predicted octanol–water partition coefficient (Wildman–Crippen LogP) is 5.96. The lowest BCUT2D eigenvalue weighted by molar-refractivity contribution is -0.116. The van der Waals surface area contributed by atoms with E-state index in [0.29, 0.717) is 34.5 Å². The van der Waals surface area contributed by atoms with Gasteiger partial charge in [0.1, 0.15) is 18.1 Å². The Labute approximate surface area is 217 Å². The van der Waals surface area contributed by atoms with Crippen molar-refractivity contribution in [2.45, 2.75) is 40.0 Å². The molecule has 2 aromatic carbocycles. The third kappa shape index (κ3) is 7.01. The lowest BCUT2D eigenvalue weighted by Crippen LogP contribution is -2.42. The van der Waals surface area contributed by atoms with Gasteiger partial charge in [-0.1, -0.05) is 64.4 Å². The third-order valence-electron chi connectivity index (χ3n) is 5.35. The Bertz CT molecular complexity index is 1220. The molecule has 3 amide bonds. The van der Waals surface area contributed by atoms with Crippen LogP contribution in [0.2, 0.25) is 5.02 Å². The second kappa shape index (κ2) is 11.5. The summed E-state index contributed by atoms with van der Waals surface area (Å²) in [5.74, 6) is 0.930. The van der Waals surface area contributed by atoms with E-state index in [2.05, 4.69) is 10.6 Å². The molecule has 0 aliphatic carbocycles. The van der Waals surface area contributed by atoms with Gasteiger partial charge in [-0.2, -0.15) is 5.10 Å². The molecule has 8 nitrogen and oxygen atoms in total. The van der Waals surface area contributed by atoms with Crippen molar-refractivity contribution in [2.24, 2.45) is 5.92 Å². The van der Waals surface area contributed by atoms with Crippen molar-refractivity contribution in [3.8, 4) is 11.4 Å². The van der Waals surface area contributed by atoms with Crippen LogP contribution in [0.1, 0.15) is 40.3 Å². The average Bonchev–Trinajstić information content (AvgIpc) is 3.22. The fraction of sp³-hybridized carbons (Fsp3) is 0.370. The predicted molar refractivity (Wildman–Crippen MR) is 144 cm³/mol. The first kappa shape index (κ1) is 27.1. The summed E-state index contributed by atoms with van der Waals surface area (Å²) in [6.07, 6.45) is 0. The van der Waals surface area contributed by atoms with E-state index in [1.54, 1.807) is 42.1 Å². The summed E-state index contributed by atoms with van der Waals surface area (Å²) in [4.78, 5) is 27.7. The largest absolute Gasteiger partial charge is 0.497 e. The molecule has 0 unspecified atom stereocenters. The van der Waals surface area contributed by atoms with Crippen molar-refractivity contribution in [1.82, 2.24) is 14.7 Å². The minimum atomic E-state index is -0.373. The van der Waals surface area contributed by atoms with Gasteiger partial charge >= 0.3 is 6.03 Å². The van der Waals surface area contributed by atoms with Gasteiger partial charge in [0.15, 0.2) is 0 Å². The number of hydrogen-bond donors (Lipinski definition) is 2. The van der Waals surface area contributed by atoms with E-state index in [1.165, 1.54) is 4.90 Å². The van der Waals surface area contributed by atoms with Crippen molar-refractivity contribution in [3.63, 3.8) is 0 Å². The Morgan fingerprint density at radius 3 is 2.44 bits per heavy atom. The van der Waals surface area contributed by atoms with Crippen molar-refractivity contribution in [1.29, 1.82) is 0 Å². The standard InChI is InChI=1S/C27H34ClN5O3/c1-18(2)16-32(26(35)29-19-10-9-11-20(14-19)36-6)17-25(34)30-24-15-23(27(3,4)5)31-33(24)22-13-8-7-12-21(22)28/h7-15,18H,16-17H2,1-6H3,(H,29,35)(H,30,34). The number of anilines is 2. The summed E-state index contributed by atoms with van der Waals surface area (Å²) in [6.45, 7) is 10.4. The van der Waals surface area contributed by atoms with E-state index in [9.17, 15) is 9.59 Å². The van der Waals surface area contributed by atoms with E-state index in [4.69, 9.17) is 21.4 Å². The maximum atomic E-state index is 13.2. The zero-order valence-corrected chi connectivity index (χ0v) is 22.4. The molecule has 192 valence electrons. The van der Waals surface area contributed by atoms with Crippen LogP contribution in [0.4, 0.5) is 16.3 Å². The zero-order chi connectivity index (χ0) is 26.5. The molecule has 1 heterocycles. The van der Waals surface area contributed by atoms with E-state index in [0.717, 1.165) is 5.69 Å². The molecule has 3 rings (SSSR count). The molecule has 1 aromatic heterocycles. The van der Waals surface area contributed by atoms with E-state index >= 15 is 0 Å². The summed E-state index contributed by atoms with van der Waals surface area (Å²) in [5.41, 5.74) is 1.79. The molecule has 3 aromatic rings. The summed E-state index contributed by atoms with van der Waals surface area (Å²) in [6, 6.07) is 15.8. The Kier molecular flexibility index (Phi) is 8.63. The topological polar surface area (TPSA) is 88.5 Å². The molecule has 0 atom stereocenters. The van der Waals surface area contributed by atoms with Crippen LogP contribution >= 0.6 is 11.6 Å². The Morgan fingerprint density at radius 1 is 1.08 bits per heavy atom. The Balaban J connectivity index is 1.82. The Morgan fingerprint density at radius 2 is 1.81 bits per heavy atom. The highest BCUT2D eigenvalue weighted by Crippen LogP contribution is 2.29. The van der Waals surface area contributed by atoms with Gasteiger partial charge < -0.3 is 20.3 Å². The molecule has 0 bridgehead atoms. The van der Waals surface area contributed by atoms with Crippen molar-refractivity contribution >= 4 is 35.0 Å². The Hall–Kier alpha value is -3.52. The number of nitrogens with one attached hydrogen (secondary N) is 2. The SMILES string of the molecule is COc1cccc(NC(=O)N(CC(=O)Nc2cc(C(C)(C)C)nn2-c2ccccc2Cl)CC(C)C)c1. The normalized spacial score (nSPS) is 11.3. The first-order chi connectivity index (χ1) is 17.0. The van der Waals surface area contributed by atoms with Crippen molar-refractivity contribution in [2.75, 3.05) is 30.8 Å². The zero-order valence-electron chi connectivity index (χ0n) is 21.6. The number of aromatic nitrogens is 2. The summed E-state index contributed by atoms with van der Waals surface area (Å²) >= 11 is 6.43. The number of hydrogen-bond acceptors (Lipinski definition) is 4. The fourth-order valence-electron chi connectivity index (χ4n) is 3.56. The number of nitrogens with zero attached hydrogens (tertiary/aromatic N) is 3. The number of ether oxygens (including phenoxy) is 1. The number of benzene rings is 2. The third-order valence-corrected chi connectivity index (χ3v) is 5.67. The van der Waals surface area contributed by atoms with Crippen LogP contribution < -0.4 is 15.4 Å². The molecular formula is C27H34ClN5O3. The van der Waals surface area contributed by atoms with Crippen LogP contribution in [-0.4, -0.2) is 46.8 Å². The monoisotopic (exact) mass is 511 g/mol. The van der Waals surface area contributed by atoms with Crippen LogP contribution in [-0.2, 0) is 10.2 Å². The maximum absolute atomic E-state index is 13.2. The van der Waals surface area contributed by atoms with Gasteiger partial charge in [0.2, 0.25) is 5.91 Å². The molecule has 36 heavy (non-hydrogen) atoms. The van der Waals surface area contributed by atoms with Crippen LogP contribution in [0.25, 0.3) is 5.69 Å². The van der Waals surface area contributed by atoms with Gasteiger partial charge in [0.05, 0.1) is 23.5 Å². The highest BCUT2D eigenvalue weighted by Gasteiger charge is 2.24. The maximum Gasteiger partial charge on any atom is 0.322 e. The van der Waals surface area contributed by atoms with Crippen LogP contribution in [0.15, 0.2) is 54.6 Å². The summed E-state index contributed by atoms with van der Waals surface area (Å²) < 4.78 is 6.86. The minimum Gasteiger partial charge on any atom is -0.497 e. The van der Waals surface area contributed by atoms with Crippen LogP contribution in [0.3, 0.4) is 0 Å². The molecule has 0 saturated heterocycles. The second-order valence-electron chi connectivity index (χ2n) is 10.0. The van der Waals surface area contributed by atoms with E-state index in [1.807, 2.05) is 58.9 Å². The summed E-state index contributed by atoms with van der Waals surface area (Å²) in [7, 11) is 1.56. The molecule has 0 spiro atoms. The van der Waals surface area contributed by atoms with Crippen molar-refractivity contribution < 1.29 is 14.3 Å². The smallest absolute Gasteiger partial charge is 0.322 e. The van der Waals surface area contributed by atoms with E-state index < -0.39 is 0 Å². The van der Waals surface area contributed by atoms with Gasteiger partial charge in [0.25, 0.3) is 0 Å². The second-order valence-corrected chi connectivity index (χ2v) is 10.4. The number of halogens is 1. The molecule has 9 heteroatoms. The van der Waals surface area contributed by atoms with E-state index in [-0.39, 0.29) is 29.8 Å². The van der Waals surface area contributed by atoms with Crippen LogP contribution in [0.5, 0.6) is 5.75 Å². The number of rotatable bonds is 8. The lowest BCUT2D eigenvalue weighted by Gasteiger charge is -2.24. The number of carbonyl (C=O) groups is 2. The van der Waals surface area contributed by atoms with Crippen molar-refractivity contribution in [3.05, 3.63) is 65.3 Å². The first-order valence-corrected chi connectivity index (χ1v) is 12.2. The average molecular weight is 512 g/mol. The van der Waals surface area contributed by atoms with Gasteiger partial charge in [-0.15, -0.1) is 0 Å². The van der Waals surface area contributed by atoms with Gasteiger partial charge in [-0.3, -0.25) is 4.79 Å². The number of urea groups is 1. The molecule has 0 radical (unpaired) electrons. The van der Waals surface area contributed by atoms with Gasteiger partial charge in [0, 0.05) is 29.8 Å². The molecule has 0 aliphatic heterocycles. The van der Waals surface area contributed by atoms with Gasteiger partial charge in [-0.05, 0) is 30.2 Å². The minimum absolute atomic E-state index is 0.132. The molecule has 0 saturated carbocycles. The first-order valence-electron chi connectivity index (χ1n) is 11.8. The highest BCUT2D eigenvalue weighted by molar-refractivity contribution is 6.32. The number of para-hydroxylation sites is 1. The molecule has 0 fully saturated rings. The molecular weight excluding hydrogens is 478 g/mol. The number of amides is 3.